The summed E-state index contributed by atoms with van der Waals surface area (Å²) in [6.07, 6.45) is 3.30. The van der Waals surface area contributed by atoms with Crippen molar-refractivity contribution in [2.24, 2.45) is 12.8 Å². The second-order valence-electron chi connectivity index (χ2n) is 5.41. The molecule has 2 N–H and O–H groups in total. The normalized spacial score (nSPS) is 12.3. The lowest BCUT2D eigenvalue weighted by Crippen LogP contribution is -2.27. The first-order valence-corrected chi connectivity index (χ1v) is 6.28. The van der Waals surface area contributed by atoms with E-state index in [1.165, 1.54) is 22.0 Å². The Bertz CT molecular complexity index is 535. The molecule has 0 fully saturated rings. The van der Waals surface area contributed by atoms with Crippen molar-refractivity contribution < 1.29 is 0 Å². The number of aryl methyl sites for hydroxylation is 2. The summed E-state index contributed by atoms with van der Waals surface area (Å²) in [6, 6.07) is 6.57. The fourth-order valence-electron chi connectivity index (χ4n) is 2.49. The lowest BCUT2D eigenvalue weighted by Gasteiger charge is -2.21. The quantitative estimate of drug-likeness (QED) is 0.863. The predicted octanol–water partition coefficient (Wildman–Crippen LogP) is 2.98. The molecule has 0 bridgehead atoms. The van der Waals surface area contributed by atoms with Crippen molar-refractivity contribution in [3.63, 3.8) is 0 Å². The lowest BCUT2D eigenvalue weighted by atomic mass is 9.84. The largest absolute Gasteiger partial charge is 0.350 e. The third-order valence-corrected chi connectivity index (χ3v) is 3.71. The zero-order valence-corrected chi connectivity index (χ0v) is 11.2. The van der Waals surface area contributed by atoms with Gasteiger partial charge in [0.15, 0.2) is 0 Å². The number of para-hydroxylation sites is 1. The summed E-state index contributed by atoms with van der Waals surface area (Å²) < 4.78 is 2.24. The van der Waals surface area contributed by atoms with Crippen LogP contribution in [0, 0.1) is 0 Å². The van der Waals surface area contributed by atoms with Gasteiger partial charge in [-0.3, -0.25) is 0 Å². The summed E-state index contributed by atoms with van der Waals surface area (Å²) in [5.74, 6) is 0. The number of hydrogen-bond donors (Lipinski definition) is 1. The monoisotopic (exact) mass is 230 g/mol. The first-order valence-electron chi connectivity index (χ1n) is 6.28. The highest BCUT2D eigenvalue weighted by Gasteiger charge is 2.23. The van der Waals surface area contributed by atoms with E-state index in [1.54, 1.807) is 0 Å². The van der Waals surface area contributed by atoms with Crippen LogP contribution in [0.5, 0.6) is 0 Å². The molecule has 0 unspecified atom stereocenters. The van der Waals surface area contributed by atoms with Crippen LogP contribution in [-0.4, -0.2) is 11.1 Å². The van der Waals surface area contributed by atoms with Gasteiger partial charge in [0.1, 0.15) is 0 Å². The van der Waals surface area contributed by atoms with Crippen LogP contribution in [0.1, 0.15) is 31.9 Å². The second kappa shape index (κ2) is 4.19. The topological polar surface area (TPSA) is 30.9 Å². The van der Waals surface area contributed by atoms with E-state index in [0.29, 0.717) is 6.54 Å². The highest BCUT2D eigenvalue weighted by molar-refractivity contribution is 5.87. The summed E-state index contributed by atoms with van der Waals surface area (Å²) in [4.78, 5) is 0. The van der Waals surface area contributed by atoms with E-state index in [-0.39, 0.29) is 5.41 Å². The zero-order valence-electron chi connectivity index (χ0n) is 11.2. The molecule has 2 aromatic rings. The Morgan fingerprint density at radius 1 is 1.29 bits per heavy atom. The van der Waals surface area contributed by atoms with Crippen LogP contribution in [0.3, 0.4) is 0 Å². The van der Waals surface area contributed by atoms with Crippen molar-refractivity contribution in [1.82, 2.24) is 4.57 Å². The summed E-state index contributed by atoms with van der Waals surface area (Å²) >= 11 is 0. The number of nitrogens with zero attached hydrogens (tertiary/aromatic N) is 1. The van der Waals surface area contributed by atoms with E-state index >= 15 is 0 Å². The Balaban J connectivity index is 2.77. The summed E-state index contributed by atoms with van der Waals surface area (Å²) in [7, 11) is 2.12. The molecule has 17 heavy (non-hydrogen) atoms. The van der Waals surface area contributed by atoms with Gasteiger partial charge in [0.2, 0.25) is 0 Å². The Morgan fingerprint density at radius 2 is 2.00 bits per heavy atom. The molecule has 1 aromatic heterocycles. The highest BCUT2D eigenvalue weighted by Crippen LogP contribution is 2.32. The maximum Gasteiger partial charge on any atom is 0.0513 e. The van der Waals surface area contributed by atoms with Gasteiger partial charge in [-0.1, -0.05) is 39.0 Å². The van der Waals surface area contributed by atoms with Gasteiger partial charge in [-0.2, -0.15) is 0 Å². The fraction of sp³-hybridized carbons (Fsp3) is 0.467. The molecule has 0 aliphatic carbocycles. The molecule has 0 saturated carbocycles. The Kier molecular flexibility index (Phi) is 3.00. The van der Waals surface area contributed by atoms with Crippen LogP contribution in [0.15, 0.2) is 24.4 Å². The molecule has 0 aliphatic rings. The molecular formula is C15H22N2. The van der Waals surface area contributed by atoms with Gasteiger partial charge in [0, 0.05) is 30.6 Å². The van der Waals surface area contributed by atoms with E-state index < -0.39 is 0 Å². The molecule has 2 rings (SSSR count). The van der Waals surface area contributed by atoms with E-state index in [0.717, 1.165) is 6.42 Å². The van der Waals surface area contributed by atoms with E-state index in [2.05, 4.69) is 56.8 Å². The number of benzene rings is 1. The van der Waals surface area contributed by atoms with Crippen LogP contribution in [0.2, 0.25) is 0 Å². The van der Waals surface area contributed by atoms with Crippen molar-refractivity contribution in [1.29, 1.82) is 0 Å². The summed E-state index contributed by atoms with van der Waals surface area (Å²) in [5.41, 5.74) is 10.0. The molecular weight excluding hydrogens is 208 g/mol. The third-order valence-electron chi connectivity index (χ3n) is 3.71. The molecule has 92 valence electrons. The zero-order chi connectivity index (χ0) is 12.6. The van der Waals surface area contributed by atoms with Crippen molar-refractivity contribution in [3.8, 4) is 0 Å². The average molecular weight is 230 g/mol. The van der Waals surface area contributed by atoms with Gasteiger partial charge in [0.25, 0.3) is 0 Å². The van der Waals surface area contributed by atoms with Gasteiger partial charge in [-0.05, 0) is 17.5 Å². The molecule has 2 heteroatoms. The minimum absolute atomic E-state index is 0.0336. The first-order chi connectivity index (χ1) is 8.01. The molecule has 0 atom stereocenters. The minimum atomic E-state index is 0.0336. The smallest absolute Gasteiger partial charge is 0.0513 e. The van der Waals surface area contributed by atoms with Gasteiger partial charge >= 0.3 is 0 Å². The standard InChI is InChI=1S/C15H22N2/c1-5-11-7-6-8-12-13(15(2,3)10-16)9-17(4)14(11)12/h6-9H,5,10,16H2,1-4H3. The molecule has 0 amide bonds. The van der Waals surface area contributed by atoms with E-state index in [1.807, 2.05) is 0 Å². The predicted molar refractivity (Wildman–Crippen MR) is 74.4 cm³/mol. The van der Waals surface area contributed by atoms with Gasteiger partial charge in [-0.25, -0.2) is 0 Å². The van der Waals surface area contributed by atoms with Crippen molar-refractivity contribution >= 4 is 10.9 Å². The van der Waals surface area contributed by atoms with Crippen LogP contribution in [0.25, 0.3) is 10.9 Å². The van der Waals surface area contributed by atoms with E-state index in [4.69, 9.17) is 5.73 Å². The number of nitrogens with two attached hydrogens (primary N) is 1. The average Bonchev–Trinajstić information content (AvgIpc) is 2.68. The molecule has 2 nitrogen and oxygen atoms in total. The molecule has 0 aliphatic heterocycles. The molecule has 0 spiro atoms. The van der Waals surface area contributed by atoms with Gasteiger partial charge in [0.05, 0.1) is 5.52 Å². The Hall–Kier alpha value is -1.28. The van der Waals surface area contributed by atoms with Crippen LogP contribution < -0.4 is 5.73 Å². The summed E-state index contributed by atoms with van der Waals surface area (Å²) in [5, 5.41) is 1.35. The minimum Gasteiger partial charge on any atom is -0.350 e. The number of rotatable bonds is 3. The Labute approximate surface area is 103 Å². The lowest BCUT2D eigenvalue weighted by molar-refractivity contribution is 0.542. The van der Waals surface area contributed by atoms with Crippen molar-refractivity contribution in [2.45, 2.75) is 32.6 Å². The highest BCUT2D eigenvalue weighted by atomic mass is 14.9. The molecule has 0 radical (unpaired) electrons. The number of fused-ring (bicyclic) bond motifs is 1. The van der Waals surface area contributed by atoms with Crippen molar-refractivity contribution in [2.75, 3.05) is 6.54 Å². The molecule has 0 saturated heterocycles. The first kappa shape index (κ1) is 12.2. The molecule has 1 heterocycles. The van der Waals surface area contributed by atoms with Crippen LogP contribution in [-0.2, 0) is 18.9 Å². The SMILES string of the molecule is CCc1cccc2c(C(C)(C)CN)cn(C)c12. The van der Waals surface area contributed by atoms with Gasteiger partial charge in [-0.15, -0.1) is 0 Å². The maximum atomic E-state index is 5.90. The summed E-state index contributed by atoms with van der Waals surface area (Å²) in [6.45, 7) is 7.29. The van der Waals surface area contributed by atoms with Gasteiger partial charge < -0.3 is 10.3 Å². The Morgan fingerprint density at radius 3 is 2.59 bits per heavy atom. The maximum absolute atomic E-state index is 5.90. The van der Waals surface area contributed by atoms with Crippen LogP contribution >= 0.6 is 0 Å². The van der Waals surface area contributed by atoms with E-state index in [9.17, 15) is 0 Å². The molecule has 1 aromatic carbocycles. The van der Waals surface area contributed by atoms with Crippen molar-refractivity contribution in [3.05, 3.63) is 35.5 Å². The number of hydrogen-bond acceptors (Lipinski definition) is 1. The second-order valence-corrected chi connectivity index (χ2v) is 5.41. The fourth-order valence-corrected chi connectivity index (χ4v) is 2.49. The number of aromatic nitrogens is 1. The third kappa shape index (κ3) is 1.87. The van der Waals surface area contributed by atoms with Crippen LogP contribution in [0.4, 0.5) is 0 Å².